The zero-order valence-electron chi connectivity index (χ0n) is 27.2. The van der Waals surface area contributed by atoms with Crippen molar-refractivity contribution in [3.8, 4) is 22.9 Å². The Bertz CT molecular complexity index is 1480. The van der Waals surface area contributed by atoms with Crippen LogP contribution in [0.2, 0.25) is 10.0 Å². The topological polar surface area (TPSA) is 100 Å². The number of hydrogen-bond donors (Lipinski definition) is 1. The van der Waals surface area contributed by atoms with Crippen molar-refractivity contribution in [1.82, 2.24) is 25.1 Å². The van der Waals surface area contributed by atoms with Crippen molar-refractivity contribution < 1.29 is 19.1 Å². The van der Waals surface area contributed by atoms with Crippen LogP contribution in [0.3, 0.4) is 0 Å². The molecule has 0 atom stereocenters. The first-order valence-electron chi connectivity index (χ1n) is 16.4. The summed E-state index contributed by atoms with van der Waals surface area (Å²) < 4.78 is 11.4. The fraction of sp³-hybridized carbons (Fsp3) is 0.486. The molecular weight excluding hydrogens is 639 g/mol. The lowest BCUT2D eigenvalue weighted by Crippen LogP contribution is -2.37. The fourth-order valence-corrected chi connectivity index (χ4v) is 6.62. The maximum Gasteiger partial charge on any atom is 0.307 e. The number of rotatable bonds is 12. The number of amides is 1. The molecule has 0 bridgehead atoms. The largest absolute Gasteiger partial charge is 0.466 e. The van der Waals surface area contributed by atoms with Gasteiger partial charge in [-0.15, -0.1) is 0 Å². The maximum absolute atomic E-state index is 11.8. The molecule has 4 heterocycles. The second-order valence-electron chi connectivity index (χ2n) is 12.2. The average Bonchev–Trinajstić information content (AvgIpc) is 3.29. The number of likely N-dealkylation sites (tertiary alicyclic amines) is 1. The number of hydrogen-bond acceptors (Lipinski definition) is 9. The minimum Gasteiger partial charge on any atom is -0.466 e. The van der Waals surface area contributed by atoms with E-state index in [-0.39, 0.29) is 11.9 Å². The number of carbonyl (C=O) groups excluding carboxylic acids is 2. The molecule has 2 aromatic heterocycles. The van der Waals surface area contributed by atoms with Gasteiger partial charge in [0, 0.05) is 67.9 Å². The molecular formula is C35H44Cl2N6O4. The number of esters is 1. The van der Waals surface area contributed by atoms with Crippen LogP contribution in [0, 0.1) is 5.92 Å². The van der Waals surface area contributed by atoms with E-state index in [4.69, 9.17) is 42.6 Å². The Kier molecular flexibility index (Phi) is 12.7. The Labute approximate surface area is 287 Å². The zero-order chi connectivity index (χ0) is 33.2. The van der Waals surface area contributed by atoms with E-state index < -0.39 is 0 Å². The molecule has 10 nitrogen and oxygen atoms in total. The van der Waals surface area contributed by atoms with E-state index in [2.05, 4.69) is 26.1 Å². The van der Waals surface area contributed by atoms with Gasteiger partial charge in [-0.25, -0.2) is 9.97 Å². The minimum absolute atomic E-state index is 0.0212. The molecule has 0 aliphatic carbocycles. The summed E-state index contributed by atoms with van der Waals surface area (Å²) >= 11 is 12.7. The van der Waals surface area contributed by atoms with Crippen molar-refractivity contribution in [2.24, 2.45) is 5.92 Å². The normalized spacial score (nSPS) is 16.5. The lowest BCUT2D eigenvalue weighted by molar-refractivity contribution is -0.143. The summed E-state index contributed by atoms with van der Waals surface area (Å²) in [5.41, 5.74) is 2.61. The number of benzene rings is 1. The number of halogens is 2. The third kappa shape index (κ3) is 10.8. The van der Waals surface area contributed by atoms with Crippen LogP contribution in [0.25, 0.3) is 11.3 Å². The lowest BCUT2D eigenvalue weighted by atomic mass is 9.96. The minimum atomic E-state index is -0.144. The van der Waals surface area contributed by atoms with Crippen molar-refractivity contribution in [3.05, 3.63) is 64.3 Å². The molecule has 2 saturated heterocycles. The maximum atomic E-state index is 11.8. The van der Waals surface area contributed by atoms with E-state index >= 15 is 0 Å². The molecule has 1 aromatic carbocycles. The first-order chi connectivity index (χ1) is 22.7. The average molecular weight is 684 g/mol. The van der Waals surface area contributed by atoms with Gasteiger partial charge in [0.05, 0.1) is 24.9 Å². The van der Waals surface area contributed by atoms with Crippen LogP contribution < -0.4 is 15.0 Å². The van der Waals surface area contributed by atoms with Gasteiger partial charge in [-0.2, -0.15) is 0 Å². The molecule has 0 spiro atoms. The van der Waals surface area contributed by atoms with Crippen molar-refractivity contribution >= 4 is 40.9 Å². The van der Waals surface area contributed by atoms with Gasteiger partial charge in [0.1, 0.15) is 11.6 Å². The standard InChI is InChI=1S/C35H44Cl2N6O4/c1-3-46-35(45)9-14-41-10-4-11-43(16-15-41)33-6-5-31(23-39-33)47-34-18-27(17-32(40-34)28-19-29(36)21-30(37)20-28)24-42-12-7-26(8-13-42)22-38-25(2)44/h5-6,17-21,23,26H,3-4,7-16,22,24H2,1-2H3,(H,38,44). The second-order valence-corrected chi connectivity index (χ2v) is 13.1. The molecule has 2 aliphatic heterocycles. The van der Waals surface area contributed by atoms with E-state index in [1.807, 2.05) is 37.3 Å². The molecule has 5 rings (SSSR count). The van der Waals surface area contributed by atoms with Crippen LogP contribution in [-0.4, -0.2) is 90.6 Å². The Morgan fingerprint density at radius 1 is 0.957 bits per heavy atom. The van der Waals surface area contributed by atoms with Crippen molar-refractivity contribution in [1.29, 1.82) is 0 Å². The van der Waals surface area contributed by atoms with Crippen LogP contribution in [-0.2, 0) is 20.9 Å². The van der Waals surface area contributed by atoms with Gasteiger partial charge >= 0.3 is 5.97 Å². The van der Waals surface area contributed by atoms with Gasteiger partial charge in [0.2, 0.25) is 11.8 Å². The molecule has 2 aliphatic rings. The molecule has 47 heavy (non-hydrogen) atoms. The van der Waals surface area contributed by atoms with E-state index in [1.165, 1.54) is 0 Å². The Morgan fingerprint density at radius 3 is 2.45 bits per heavy atom. The third-order valence-corrected chi connectivity index (χ3v) is 9.00. The van der Waals surface area contributed by atoms with Crippen molar-refractivity contribution in [2.45, 2.75) is 46.1 Å². The second kappa shape index (κ2) is 17.1. The molecule has 252 valence electrons. The van der Waals surface area contributed by atoms with E-state index in [1.54, 1.807) is 19.2 Å². The van der Waals surface area contributed by atoms with Gasteiger partial charge in [0.25, 0.3) is 0 Å². The number of nitrogens with zero attached hydrogens (tertiary/aromatic N) is 5. The molecule has 3 aromatic rings. The Hall–Kier alpha value is -3.44. The monoisotopic (exact) mass is 682 g/mol. The number of ether oxygens (including phenoxy) is 2. The van der Waals surface area contributed by atoms with Crippen molar-refractivity contribution in [3.63, 3.8) is 0 Å². The van der Waals surface area contributed by atoms with Crippen molar-refractivity contribution in [2.75, 3.05) is 63.9 Å². The quantitative estimate of drug-likeness (QED) is 0.229. The highest BCUT2D eigenvalue weighted by Crippen LogP contribution is 2.31. The molecule has 0 radical (unpaired) electrons. The lowest BCUT2D eigenvalue weighted by Gasteiger charge is -2.32. The molecule has 12 heteroatoms. The molecule has 1 amide bonds. The van der Waals surface area contributed by atoms with Gasteiger partial charge in [-0.1, -0.05) is 23.2 Å². The number of nitrogens with one attached hydrogen (secondary N) is 1. The Balaban J connectivity index is 1.25. The highest BCUT2D eigenvalue weighted by atomic mass is 35.5. The van der Waals surface area contributed by atoms with E-state index in [0.29, 0.717) is 47.2 Å². The fourth-order valence-electron chi connectivity index (χ4n) is 6.09. The zero-order valence-corrected chi connectivity index (χ0v) is 28.7. The molecule has 0 unspecified atom stereocenters. The van der Waals surface area contributed by atoms with E-state index in [9.17, 15) is 9.59 Å². The van der Waals surface area contributed by atoms with E-state index in [0.717, 1.165) is 94.3 Å². The summed E-state index contributed by atoms with van der Waals surface area (Å²) in [5, 5.41) is 4.04. The van der Waals surface area contributed by atoms with Crippen LogP contribution in [0.4, 0.5) is 5.82 Å². The number of aromatic nitrogens is 2. The summed E-state index contributed by atoms with van der Waals surface area (Å²) in [6.07, 6.45) is 5.21. The number of piperidine rings is 1. The summed E-state index contributed by atoms with van der Waals surface area (Å²) in [4.78, 5) is 39.7. The summed E-state index contributed by atoms with van der Waals surface area (Å²) in [7, 11) is 0. The highest BCUT2D eigenvalue weighted by Gasteiger charge is 2.21. The summed E-state index contributed by atoms with van der Waals surface area (Å²) in [5.74, 6) is 2.33. The van der Waals surface area contributed by atoms with Crippen LogP contribution in [0.15, 0.2) is 48.7 Å². The predicted molar refractivity (Wildman–Crippen MR) is 185 cm³/mol. The predicted octanol–water partition coefficient (Wildman–Crippen LogP) is 6.06. The summed E-state index contributed by atoms with van der Waals surface area (Å²) in [6, 6.07) is 13.4. The third-order valence-electron chi connectivity index (χ3n) is 8.57. The summed E-state index contributed by atoms with van der Waals surface area (Å²) in [6.45, 7) is 11.4. The van der Waals surface area contributed by atoms with Gasteiger partial charge in [-0.05, 0) is 93.7 Å². The smallest absolute Gasteiger partial charge is 0.307 e. The number of anilines is 1. The Morgan fingerprint density at radius 2 is 1.74 bits per heavy atom. The SMILES string of the molecule is CCOC(=O)CCN1CCCN(c2ccc(Oc3cc(CN4CCC(CNC(C)=O)CC4)cc(-c4cc(Cl)cc(Cl)c4)n3)cn2)CC1. The molecule has 2 fully saturated rings. The van der Waals surface area contributed by atoms with Gasteiger partial charge in [-0.3, -0.25) is 14.5 Å². The molecule has 1 N–H and O–H groups in total. The number of pyridine rings is 2. The first kappa shape index (κ1) is 34.9. The van der Waals surface area contributed by atoms with Crippen LogP contribution in [0.1, 0.15) is 45.1 Å². The van der Waals surface area contributed by atoms with Gasteiger partial charge in [0.15, 0.2) is 0 Å². The van der Waals surface area contributed by atoms with Crippen LogP contribution in [0.5, 0.6) is 11.6 Å². The van der Waals surface area contributed by atoms with Crippen LogP contribution >= 0.6 is 23.2 Å². The first-order valence-corrected chi connectivity index (χ1v) is 17.2. The molecule has 0 saturated carbocycles. The number of carbonyl (C=O) groups is 2. The highest BCUT2D eigenvalue weighted by molar-refractivity contribution is 6.35. The van der Waals surface area contributed by atoms with Gasteiger partial charge < -0.3 is 24.6 Å².